The van der Waals surface area contributed by atoms with Crippen molar-refractivity contribution in [2.24, 2.45) is 0 Å². The molecule has 0 unspecified atom stereocenters. The summed E-state index contributed by atoms with van der Waals surface area (Å²) in [6, 6.07) is 7.21. The number of carboxylic acids is 1. The Balaban J connectivity index is 2.09. The first-order valence-corrected chi connectivity index (χ1v) is 9.74. The second kappa shape index (κ2) is 9.22. The summed E-state index contributed by atoms with van der Waals surface area (Å²) >= 11 is 0. The largest absolute Gasteiger partial charge is 0.478 e. The van der Waals surface area contributed by atoms with Gasteiger partial charge in [-0.1, -0.05) is 38.0 Å². The number of unbranched alkanes of at least 4 members (excludes halogenated alkanes) is 1. The fourth-order valence-electron chi connectivity index (χ4n) is 3.42. The number of hydrogen-bond acceptors (Lipinski definition) is 4. The van der Waals surface area contributed by atoms with Crippen LogP contribution in [-0.2, 0) is 11.3 Å². The van der Waals surface area contributed by atoms with Crippen LogP contribution in [0.5, 0.6) is 0 Å². The minimum atomic E-state index is -0.902. The monoisotopic (exact) mass is 376 g/mol. The number of ether oxygens (including phenoxy) is 1. The van der Waals surface area contributed by atoms with Gasteiger partial charge >= 0.3 is 12.1 Å². The van der Waals surface area contributed by atoms with E-state index in [0.29, 0.717) is 25.2 Å². The lowest BCUT2D eigenvalue weighted by Crippen LogP contribution is -2.55. The molecule has 1 aliphatic heterocycles. The number of carbonyl (C=O) groups is 2. The van der Waals surface area contributed by atoms with Gasteiger partial charge in [-0.2, -0.15) is 0 Å². The third-order valence-electron chi connectivity index (χ3n) is 4.73. The van der Waals surface area contributed by atoms with Gasteiger partial charge in [0.25, 0.3) is 0 Å². The van der Waals surface area contributed by atoms with E-state index in [4.69, 9.17) is 4.74 Å². The van der Waals surface area contributed by atoms with Crippen molar-refractivity contribution in [1.82, 2.24) is 9.80 Å². The summed E-state index contributed by atoms with van der Waals surface area (Å²) in [4.78, 5) is 28.1. The normalized spacial score (nSPS) is 18.4. The smallest absolute Gasteiger partial charge is 0.410 e. The Bertz CT molecular complexity index is 654. The van der Waals surface area contributed by atoms with Crippen LogP contribution in [0.2, 0.25) is 0 Å². The Morgan fingerprint density at radius 1 is 1.22 bits per heavy atom. The molecular weight excluding hydrogens is 344 g/mol. The summed E-state index contributed by atoms with van der Waals surface area (Å²) < 4.78 is 5.58. The second-order valence-corrected chi connectivity index (χ2v) is 8.17. The van der Waals surface area contributed by atoms with Crippen LogP contribution in [0.3, 0.4) is 0 Å². The summed E-state index contributed by atoms with van der Waals surface area (Å²) in [6.07, 6.45) is 2.78. The van der Waals surface area contributed by atoms with E-state index in [9.17, 15) is 14.7 Å². The zero-order valence-corrected chi connectivity index (χ0v) is 16.9. The van der Waals surface area contributed by atoms with Crippen molar-refractivity contribution in [3.8, 4) is 0 Å². The van der Waals surface area contributed by atoms with E-state index in [0.717, 1.165) is 31.4 Å². The molecule has 1 aromatic carbocycles. The van der Waals surface area contributed by atoms with Gasteiger partial charge in [0.15, 0.2) is 0 Å². The molecular formula is C21H32N2O4. The van der Waals surface area contributed by atoms with Crippen molar-refractivity contribution in [1.29, 1.82) is 0 Å². The van der Waals surface area contributed by atoms with Crippen molar-refractivity contribution in [3.05, 3.63) is 35.4 Å². The molecule has 27 heavy (non-hydrogen) atoms. The highest BCUT2D eigenvalue weighted by Gasteiger charge is 2.33. The molecule has 0 radical (unpaired) electrons. The van der Waals surface area contributed by atoms with Crippen molar-refractivity contribution < 1.29 is 19.4 Å². The van der Waals surface area contributed by atoms with Gasteiger partial charge in [-0.05, 0) is 38.8 Å². The van der Waals surface area contributed by atoms with E-state index in [1.165, 1.54) is 0 Å². The molecule has 6 nitrogen and oxygen atoms in total. The Hall–Kier alpha value is -2.08. The summed E-state index contributed by atoms with van der Waals surface area (Å²) in [5, 5.41) is 9.40. The third kappa shape index (κ3) is 6.24. The van der Waals surface area contributed by atoms with E-state index in [-0.39, 0.29) is 12.1 Å². The predicted molar refractivity (Wildman–Crippen MR) is 105 cm³/mol. The number of benzene rings is 1. The summed E-state index contributed by atoms with van der Waals surface area (Å²) in [5.74, 6) is -0.902. The van der Waals surface area contributed by atoms with E-state index < -0.39 is 11.6 Å². The average molecular weight is 376 g/mol. The van der Waals surface area contributed by atoms with E-state index in [2.05, 4.69) is 11.8 Å². The minimum absolute atomic E-state index is 0.0885. The number of piperazine rings is 1. The van der Waals surface area contributed by atoms with E-state index in [1.54, 1.807) is 12.1 Å². The van der Waals surface area contributed by atoms with Gasteiger partial charge in [-0.25, -0.2) is 9.59 Å². The highest BCUT2D eigenvalue weighted by Crippen LogP contribution is 2.21. The minimum Gasteiger partial charge on any atom is -0.478 e. The summed E-state index contributed by atoms with van der Waals surface area (Å²) in [5.41, 5.74) is 0.645. The van der Waals surface area contributed by atoms with Crippen LogP contribution in [0.1, 0.15) is 62.9 Å². The molecule has 6 heteroatoms. The first kappa shape index (κ1) is 21.2. The molecule has 1 N–H and O–H groups in total. The zero-order chi connectivity index (χ0) is 20.0. The standard InChI is InChI=1S/C21H32N2O4/c1-5-6-10-17-15-22(12-13-23(17)20(26)27-21(2,3)4)14-16-9-7-8-11-18(16)19(24)25/h7-9,11,17H,5-6,10,12-15H2,1-4H3,(H,24,25)/t17-/m0/s1. The van der Waals surface area contributed by atoms with Gasteiger partial charge < -0.3 is 14.7 Å². The second-order valence-electron chi connectivity index (χ2n) is 8.17. The molecule has 0 saturated carbocycles. The number of aromatic carboxylic acids is 1. The molecule has 0 aliphatic carbocycles. The molecule has 1 heterocycles. The third-order valence-corrected chi connectivity index (χ3v) is 4.73. The molecule has 0 spiro atoms. The number of amides is 1. The SMILES string of the molecule is CCCC[C@H]1CN(Cc2ccccc2C(=O)O)CCN1C(=O)OC(C)(C)C. The highest BCUT2D eigenvalue weighted by atomic mass is 16.6. The van der Waals surface area contributed by atoms with E-state index >= 15 is 0 Å². The number of carboxylic acid groups (broad SMARTS) is 1. The summed E-state index contributed by atoms with van der Waals surface area (Å²) in [6.45, 7) is 10.4. The van der Waals surface area contributed by atoms with E-state index in [1.807, 2.05) is 37.8 Å². The Labute approximate surface area is 162 Å². The van der Waals surface area contributed by atoms with Crippen molar-refractivity contribution >= 4 is 12.1 Å². The number of hydrogen-bond donors (Lipinski definition) is 1. The van der Waals surface area contributed by atoms with Crippen LogP contribution in [0.25, 0.3) is 0 Å². The van der Waals surface area contributed by atoms with Crippen LogP contribution in [-0.4, -0.2) is 58.2 Å². The molecule has 0 aromatic heterocycles. The fourth-order valence-corrected chi connectivity index (χ4v) is 3.42. The lowest BCUT2D eigenvalue weighted by molar-refractivity contribution is -0.00410. The lowest BCUT2D eigenvalue weighted by Gasteiger charge is -2.42. The van der Waals surface area contributed by atoms with Crippen molar-refractivity contribution in [3.63, 3.8) is 0 Å². The predicted octanol–water partition coefficient (Wildman–Crippen LogP) is 4.00. The maximum absolute atomic E-state index is 12.6. The molecule has 150 valence electrons. The molecule has 2 rings (SSSR count). The Morgan fingerprint density at radius 2 is 1.93 bits per heavy atom. The molecule has 1 fully saturated rings. The Kier molecular flexibility index (Phi) is 7.25. The van der Waals surface area contributed by atoms with Gasteiger partial charge in [0, 0.05) is 32.2 Å². The quantitative estimate of drug-likeness (QED) is 0.813. The highest BCUT2D eigenvalue weighted by molar-refractivity contribution is 5.89. The number of nitrogens with zero attached hydrogens (tertiary/aromatic N) is 2. The average Bonchev–Trinajstić information content (AvgIpc) is 2.58. The van der Waals surface area contributed by atoms with Crippen molar-refractivity contribution in [2.75, 3.05) is 19.6 Å². The van der Waals surface area contributed by atoms with Crippen LogP contribution in [0.4, 0.5) is 4.79 Å². The van der Waals surface area contributed by atoms with Gasteiger partial charge in [0.1, 0.15) is 5.60 Å². The number of carbonyl (C=O) groups excluding carboxylic acids is 1. The maximum atomic E-state index is 12.6. The fraction of sp³-hybridized carbons (Fsp3) is 0.619. The molecule has 1 saturated heterocycles. The Morgan fingerprint density at radius 3 is 2.56 bits per heavy atom. The summed E-state index contributed by atoms with van der Waals surface area (Å²) in [7, 11) is 0. The van der Waals surface area contributed by atoms with Crippen LogP contribution < -0.4 is 0 Å². The topological polar surface area (TPSA) is 70.1 Å². The van der Waals surface area contributed by atoms with Gasteiger partial charge in [0.2, 0.25) is 0 Å². The molecule has 1 aliphatic rings. The van der Waals surface area contributed by atoms with Gasteiger partial charge in [0.05, 0.1) is 5.56 Å². The molecule has 1 atom stereocenters. The molecule has 1 amide bonds. The van der Waals surface area contributed by atoms with Crippen LogP contribution in [0.15, 0.2) is 24.3 Å². The molecule has 1 aromatic rings. The number of rotatable bonds is 6. The maximum Gasteiger partial charge on any atom is 0.410 e. The first-order valence-electron chi connectivity index (χ1n) is 9.74. The van der Waals surface area contributed by atoms with Gasteiger partial charge in [-0.15, -0.1) is 0 Å². The lowest BCUT2D eigenvalue weighted by atomic mass is 10.0. The van der Waals surface area contributed by atoms with Crippen molar-refractivity contribution in [2.45, 2.75) is 65.1 Å². The zero-order valence-electron chi connectivity index (χ0n) is 16.9. The van der Waals surface area contributed by atoms with Crippen LogP contribution in [0, 0.1) is 0 Å². The van der Waals surface area contributed by atoms with Gasteiger partial charge in [-0.3, -0.25) is 4.90 Å². The molecule has 0 bridgehead atoms. The first-order chi connectivity index (χ1) is 12.7. The van der Waals surface area contributed by atoms with Crippen LogP contribution >= 0.6 is 0 Å².